The van der Waals surface area contributed by atoms with Gasteiger partial charge in [-0.1, -0.05) is 23.4 Å². The van der Waals surface area contributed by atoms with Crippen molar-refractivity contribution in [3.63, 3.8) is 0 Å². The zero-order chi connectivity index (χ0) is 19.3. The molecule has 1 N–H and O–H groups in total. The number of benzene rings is 1. The number of nitrogens with zero attached hydrogens (tertiary/aromatic N) is 4. The smallest absolute Gasteiger partial charge is 0.261 e. The molecule has 140 valence electrons. The van der Waals surface area contributed by atoms with Crippen LogP contribution in [0.2, 0.25) is 0 Å². The highest BCUT2D eigenvalue weighted by molar-refractivity contribution is 7.14. The molecule has 0 aliphatic carbocycles. The summed E-state index contributed by atoms with van der Waals surface area (Å²) >= 11 is 1.33. The van der Waals surface area contributed by atoms with Gasteiger partial charge in [0.25, 0.3) is 5.91 Å². The van der Waals surface area contributed by atoms with E-state index in [1.807, 2.05) is 23.6 Å². The summed E-state index contributed by atoms with van der Waals surface area (Å²) in [6.07, 6.45) is 1.70. The molecule has 28 heavy (non-hydrogen) atoms. The maximum Gasteiger partial charge on any atom is 0.261 e. The summed E-state index contributed by atoms with van der Waals surface area (Å²) in [5, 5.41) is 8.91. The zero-order valence-electron chi connectivity index (χ0n) is 14.8. The van der Waals surface area contributed by atoms with Crippen LogP contribution in [0.1, 0.15) is 22.1 Å². The van der Waals surface area contributed by atoms with Crippen molar-refractivity contribution in [2.45, 2.75) is 13.5 Å². The largest absolute Gasteiger partial charge is 0.485 e. The van der Waals surface area contributed by atoms with E-state index in [0.29, 0.717) is 33.9 Å². The number of carbonyl (C=O) groups is 1. The van der Waals surface area contributed by atoms with Crippen LogP contribution in [0.4, 0.5) is 5.13 Å². The van der Waals surface area contributed by atoms with Gasteiger partial charge in [0.15, 0.2) is 11.7 Å². The monoisotopic (exact) mass is 393 g/mol. The van der Waals surface area contributed by atoms with Gasteiger partial charge in [0.1, 0.15) is 11.4 Å². The molecular formula is C19H15N5O3S. The molecule has 3 heterocycles. The van der Waals surface area contributed by atoms with E-state index < -0.39 is 0 Å². The number of aromatic nitrogens is 4. The first kappa shape index (κ1) is 17.8. The summed E-state index contributed by atoms with van der Waals surface area (Å²) in [6.45, 7) is 1.80. The summed E-state index contributed by atoms with van der Waals surface area (Å²) in [5.74, 6) is 0.968. The fourth-order valence-corrected chi connectivity index (χ4v) is 3.15. The molecule has 0 spiro atoms. The van der Waals surface area contributed by atoms with E-state index in [0.717, 1.165) is 5.69 Å². The van der Waals surface area contributed by atoms with Crippen LogP contribution in [0.15, 0.2) is 58.6 Å². The van der Waals surface area contributed by atoms with Gasteiger partial charge in [0.05, 0.1) is 11.3 Å². The van der Waals surface area contributed by atoms with Gasteiger partial charge in [0.2, 0.25) is 11.7 Å². The minimum atomic E-state index is -0.318. The molecule has 0 saturated carbocycles. The molecule has 9 heteroatoms. The number of thiazole rings is 1. The third-order valence-corrected chi connectivity index (χ3v) is 4.47. The van der Waals surface area contributed by atoms with Gasteiger partial charge in [-0.15, -0.1) is 11.3 Å². The molecule has 0 bridgehead atoms. The number of ether oxygens (including phenoxy) is 1. The Morgan fingerprint density at radius 2 is 2.00 bits per heavy atom. The van der Waals surface area contributed by atoms with E-state index >= 15 is 0 Å². The standard InChI is InChI=1S/C19H15N5O3S/c1-12-21-17(24-27-12)10-26-16-8-3-2-6-13(16)18(25)23-19-22-15(11-28-19)14-7-4-5-9-20-14/h2-9,11H,10H2,1H3,(H,22,23,25). The molecule has 0 unspecified atom stereocenters. The Hall–Kier alpha value is -3.59. The normalized spacial score (nSPS) is 10.6. The van der Waals surface area contributed by atoms with Crippen molar-refractivity contribution in [2.75, 3.05) is 5.32 Å². The number of aryl methyl sites for hydroxylation is 1. The van der Waals surface area contributed by atoms with Crippen LogP contribution >= 0.6 is 11.3 Å². The van der Waals surface area contributed by atoms with Crippen LogP contribution in [0, 0.1) is 6.92 Å². The highest BCUT2D eigenvalue weighted by Crippen LogP contribution is 2.25. The maximum atomic E-state index is 12.7. The van der Waals surface area contributed by atoms with Crippen LogP contribution in [0.25, 0.3) is 11.4 Å². The molecule has 4 aromatic rings. The second-order valence-corrected chi connectivity index (χ2v) is 6.58. The average molecular weight is 393 g/mol. The van der Waals surface area contributed by atoms with Crippen molar-refractivity contribution >= 4 is 22.4 Å². The Morgan fingerprint density at radius 1 is 1.14 bits per heavy atom. The molecule has 1 amide bonds. The second-order valence-electron chi connectivity index (χ2n) is 5.72. The first-order chi connectivity index (χ1) is 13.7. The lowest BCUT2D eigenvalue weighted by molar-refractivity contribution is 0.102. The average Bonchev–Trinajstić information content (AvgIpc) is 3.36. The van der Waals surface area contributed by atoms with Crippen LogP contribution < -0.4 is 10.1 Å². The number of anilines is 1. The number of rotatable bonds is 6. The van der Waals surface area contributed by atoms with Crippen LogP contribution in [-0.2, 0) is 6.61 Å². The molecule has 4 rings (SSSR count). The van der Waals surface area contributed by atoms with Crippen molar-refractivity contribution in [1.82, 2.24) is 20.1 Å². The van der Waals surface area contributed by atoms with Crippen LogP contribution in [0.5, 0.6) is 5.75 Å². The lowest BCUT2D eigenvalue weighted by atomic mass is 10.2. The molecule has 0 atom stereocenters. The van der Waals surface area contributed by atoms with Gasteiger partial charge in [-0.3, -0.25) is 15.1 Å². The molecule has 0 saturated heterocycles. The summed E-state index contributed by atoms with van der Waals surface area (Å²) in [7, 11) is 0. The number of carbonyl (C=O) groups excluding carboxylic acids is 1. The number of para-hydroxylation sites is 1. The first-order valence-corrected chi connectivity index (χ1v) is 9.26. The summed E-state index contributed by atoms with van der Waals surface area (Å²) in [6, 6.07) is 12.5. The fourth-order valence-electron chi connectivity index (χ4n) is 2.45. The van der Waals surface area contributed by atoms with Crippen LogP contribution in [-0.4, -0.2) is 26.0 Å². The highest BCUT2D eigenvalue weighted by Gasteiger charge is 2.15. The second kappa shape index (κ2) is 7.97. The molecule has 8 nitrogen and oxygen atoms in total. The van der Waals surface area contributed by atoms with E-state index in [-0.39, 0.29) is 12.5 Å². The Kier molecular flexibility index (Phi) is 5.07. The van der Waals surface area contributed by atoms with Gasteiger partial charge in [-0.2, -0.15) is 4.98 Å². The van der Waals surface area contributed by atoms with Crippen molar-refractivity contribution < 1.29 is 14.1 Å². The number of nitrogens with one attached hydrogen (secondary N) is 1. The Balaban J connectivity index is 1.47. The summed E-state index contributed by atoms with van der Waals surface area (Å²) in [4.78, 5) is 25.5. The molecule has 0 aliphatic heterocycles. The highest BCUT2D eigenvalue weighted by atomic mass is 32.1. The topological polar surface area (TPSA) is 103 Å². The van der Waals surface area contributed by atoms with Crippen molar-refractivity contribution in [1.29, 1.82) is 0 Å². The Morgan fingerprint density at radius 3 is 2.79 bits per heavy atom. The van der Waals surface area contributed by atoms with E-state index in [1.54, 1.807) is 37.4 Å². The molecule has 0 aliphatic rings. The minimum absolute atomic E-state index is 0.0999. The van der Waals surface area contributed by atoms with Gasteiger partial charge in [0, 0.05) is 18.5 Å². The lowest BCUT2D eigenvalue weighted by Gasteiger charge is -2.09. The SMILES string of the molecule is Cc1nc(COc2ccccc2C(=O)Nc2nc(-c3ccccn3)cs2)no1. The molecule has 3 aromatic heterocycles. The third-order valence-electron chi connectivity index (χ3n) is 3.71. The van der Waals surface area contributed by atoms with Gasteiger partial charge in [-0.05, 0) is 24.3 Å². The fraction of sp³-hybridized carbons (Fsp3) is 0.105. The van der Waals surface area contributed by atoms with Gasteiger partial charge in [-0.25, -0.2) is 4.98 Å². The van der Waals surface area contributed by atoms with Crippen molar-refractivity contribution in [3.05, 3.63) is 71.3 Å². The predicted molar refractivity (Wildman–Crippen MR) is 103 cm³/mol. The molecular weight excluding hydrogens is 378 g/mol. The van der Waals surface area contributed by atoms with Gasteiger partial charge < -0.3 is 9.26 Å². The quantitative estimate of drug-likeness (QED) is 0.532. The van der Waals surface area contributed by atoms with Crippen molar-refractivity contribution in [2.24, 2.45) is 0 Å². The number of amides is 1. The van der Waals surface area contributed by atoms with E-state index in [9.17, 15) is 4.79 Å². The maximum absolute atomic E-state index is 12.7. The summed E-state index contributed by atoms with van der Waals surface area (Å²) < 4.78 is 10.6. The predicted octanol–water partition coefficient (Wildman–Crippen LogP) is 3.73. The van der Waals surface area contributed by atoms with Crippen LogP contribution in [0.3, 0.4) is 0 Å². The number of hydrogen-bond acceptors (Lipinski definition) is 8. The zero-order valence-corrected chi connectivity index (χ0v) is 15.6. The number of pyridine rings is 1. The lowest BCUT2D eigenvalue weighted by Crippen LogP contribution is -2.13. The first-order valence-electron chi connectivity index (χ1n) is 8.38. The molecule has 0 radical (unpaired) electrons. The molecule has 1 aromatic carbocycles. The van der Waals surface area contributed by atoms with Crippen molar-refractivity contribution in [3.8, 4) is 17.1 Å². The van der Waals surface area contributed by atoms with E-state index in [1.165, 1.54) is 11.3 Å². The Bertz CT molecular complexity index is 1090. The number of hydrogen-bond donors (Lipinski definition) is 1. The van der Waals surface area contributed by atoms with E-state index in [4.69, 9.17) is 9.26 Å². The Labute approximate surface area is 164 Å². The van der Waals surface area contributed by atoms with Gasteiger partial charge >= 0.3 is 0 Å². The minimum Gasteiger partial charge on any atom is -0.485 e. The third kappa shape index (κ3) is 4.04. The summed E-state index contributed by atoms with van der Waals surface area (Å²) in [5.41, 5.74) is 1.84. The van der Waals surface area contributed by atoms with E-state index in [2.05, 4.69) is 25.4 Å². The molecule has 0 fully saturated rings.